The second-order valence-electron chi connectivity index (χ2n) is 4.98. The maximum atomic E-state index is 11.7. The molecule has 2 amide bonds. The lowest BCUT2D eigenvalue weighted by Crippen LogP contribution is -2.51. The maximum Gasteiger partial charge on any atom is 0.289 e. The first-order valence-electron chi connectivity index (χ1n) is 5.50. The summed E-state index contributed by atoms with van der Waals surface area (Å²) in [5.74, 6) is -0.853. The molecule has 0 saturated heterocycles. The van der Waals surface area contributed by atoms with Crippen LogP contribution in [-0.4, -0.2) is 38.6 Å². The Hall–Kier alpha value is -2.12. The van der Waals surface area contributed by atoms with E-state index in [4.69, 9.17) is 5.73 Å². The van der Waals surface area contributed by atoms with Crippen molar-refractivity contribution in [2.24, 2.45) is 0 Å². The fourth-order valence-electron chi connectivity index (χ4n) is 1.18. The molecule has 18 heavy (non-hydrogen) atoms. The maximum absolute atomic E-state index is 11.7. The molecule has 0 aliphatic carbocycles. The number of amides is 2. The molecule has 1 aromatic rings. The molecular formula is C10H18N6O2. The molecule has 1 rings (SSSR count). The van der Waals surface area contributed by atoms with Gasteiger partial charge in [0.1, 0.15) is 6.04 Å². The summed E-state index contributed by atoms with van der Waals surface area (Å²) in [5, 5.41) is 11.1. The SMILES string of the molecule is CC(NC(=O)c1nc(N)n[nH]1)C(=O)NC(C)(C)C. The highest BCUT2D eigenvalue weighted by Crippen LogP contribution is 2.00. The minimum absolute atomic E-state index is 0.0213. The summed E-state index contributed by atoms with van der Waals surface area (Å²) in [5.41, 5.74) is 4.92. The lowest BCUT2D eigenvalue weighted by atomic mass is 10.1. The molecule has 0 spiro atoms. The van der Waals surface area contributed by atoms with E-state index in [1.54, 1.807) is 6.92 Å². The highest BCUT2D eigenvalue weighted by atomic mass is 16.2. The molecule has 1 atom stereocenters. The molecule has 1 heterocycles. The Morgan fingerprint density at radius 1 is 1.39 bits per heavy atom. The van der Waals surface area contributed by atoms with Gasteiger partial charge in [0.2, 0.25) is 17.7 Å². The summed E-state index contributed by atoms with van der Waals surface area (Å²) in [6, 6.07) is -0.678. The van der Waals surface area contributed by atoms with Crippen molar-refractivity contribution in [3.63, 3.8) is 0 Å². The van der Waals surface area contributed by atoms with Crippen LogP contribution in [0.15, 0.2) is 0 Å². The minimum Gasteiger partial charge on any atom is -0.366 e. The number of carbonyl (C=O) groups is 2. The van der Waals surface area contributed by atoms with Crippen LogP contribution in [0.25, 0.3) is 0 Å². The number of carbonyl (C=O) groups excluding carboxylic acids is 2. The molecule has 0 radical (unpaired) electrons. The molecule has 0 aromatic carbocycles. The molecule has 0 fully saturated rings. The fraction of sp³-hybridized carbons (Fsp3) is 0.600. The summed E-state index contributed by atoms with van der Waals surface area (Å²) in [6.45, 7) is 7.16. The number of aromatic nitrogens is 3. The second kappa shape index (κ2) is 5.03. The molecule has 8 nitrogen and oxygen atoms in total. The number of nitrogens with zero attached hydrogens (tertiary/aromatic N) is 2. The second-order valence-corrected chi connectivity index (χ2v) is 4.98. The first-order valence-corrected chi connectivity index (χ1v) is 5.50. The molecule has 0 saturated carbocycles. The molecule has 8 heteroatoms. The Labute approximate surface area is 105 Å². The third kappa shape index (κ3) is 4.04. The van der Waals surface area contributed by atoms with Gasteiger partial charge >= 0.3 is 0 Å². The Bertz CT molecular complexity index is 447. The van der Waals surface area contributed by atoms with E-state index in [2.05, 4.69) is 25.8 Å². The topological polar surface area (TPSA) is 126 Å². The number of rotatable bonds is 3. The van der Waals surface area contributed by atoms with Crippen LogP contribution in [0.1, 0.15) is 38.3 Å². The molecule has 1 aromatic heterocycles. The molecule has 0 bridgehead atoms. The first-order chi connectivity index (χ1) is 8.19. The molecule has 0 aliphatic rings. The third-order valence-electron chi connectivity index (χ3n) is 1.96. The lowest BCUT2D eigenvalue weighted by molar-refractivity contribution is -0.124. The van der Waals surface area contributed by atoms with Gasteiger partial charge < -0.3 is 16.4 Å². The normalized spacial score (nSPS) is 12.9. The van der Waals surface area contributed by atoms with Crippen molar-refractivity contribution in [3.05, 3.63) is 5.82 Å². The third-order valence-corrected chi connectivity index (χ3v) is 1.96. The van der Waals surface area contributed by atoms with Crippen molar-refractivity contribution in [2.75, 3.05) is 5.73 Å². The van der Waals surface area contributed by atoms with E-state index < -0.39 is 11.9 Å². The van der Waals surface area contributed by atoms with E-state index in [9.17, 15) is 9.59 Å². The van der Waals surface area contributed by atoms with Crippen molar-refractivity contribution in [2.45, 2.75) is 39.3 Å². The van der Waals surface area contributed by atoms with Gasteiger partial charge in [0.05, 0.1) is 0 Å². The Morgan fingerprint density at radius 2 is 2.00 bits per heavy atom. The van der Waals surface area contributed by atoms with Gasteiger partial charge in [-0.15, -0.1) is 5.10 Å². The molecule has 5 N–H and O–H groups in total. The Kier molecular flexibility index (Phi) is 3.89. The van der Waals surface area contributed by atoms with Gasteiger partial charge in [0.15, 0.2) is 0 Å². The molecule has 1 unspecified atom stereocenters. The number of nitrogens with one attached hydrogen (secondary N) is 3. The number of H-pyrrole nitrogens is 1. The summed E-state index contributed by atoms with van der Waals surface area (Å²) in [6.07, 6.45) is 0. The highest BCUT2D eigenvalue weighted by molar-refractivity contribution is 5.94. The van der Waals surface area contributed by atoms with Crippen LogP contribution in [0.2, 0.25) is 0 Å². The average molecular weight is 254 g/mol. The lowest BCUT2D eigenvalue weighted by Gasteiger charge is -2.23. The van der Waals surface area contributed by atoms with Gasteiger partial charge in [-0.05, 0) is 27.7 Å². The number of hydrogen-bond donors (Lipinski definition) is 4. The molecular weight excluding hydrogens is 236 g/mol. The van der Waals surface area contributed by atoms with Crippen LogP contribution >= 0.6 is 0 Å². The van der Waals surface area contributed by atoms with Crippen molar-refractivity contribution in [1.82, 2.24) is 25.8 Å². The predicted molar refractivity (Wildman–Crippen MR) is 65.6 cm³/mol. The zero-order valence-corrected chi connectivity index (χ0v) is 10.9. The quantitative estimate of drug-likeness (QED) is 0.574. The Balaban J connectivity index is 2.57. The van der Waals surface area contributed by atoms with Gasteiger partial charge in [-0.3, -0.25) is 14.7 Å². The van der Waals surface area contributed by atoms with Crippen molar-refractivity contribution in [3.8, 4) is 0 Å². The van der Waals surface area contributed by atoms with Gasteiger partial charge in [-0.1, -0.05) is 0 Å². The standard InChI is InChI=1S/C10H18N6O2/c1-5(7(17)14-10(2,3)4)12-8(18)6-13-9(11)16-15-6/h5H,1-4H3,(H,12,18)(H,14,17)(H3,11,13,15,16). The van der Waals surface area contributed by atoms with Gasteiger partial charge in [-0.25, -0.2) is 0 Å². The minimum atomic E-state index is -0.678. The summed E-state index contributed by atoms with van der Waals surface area (Å²) < 4.78 is 0. The number of hydrogen-bond acceptors (Lipinski definition) is 5. The zero-order valence-electron chi connectivity index (χ0n) is 10.9. The van der Waals surface area contributed by atoms with E-state index >= 15 is 0 Å². The van der Waals surface area contributed by atoms with Crippen LogP contribution in [0, 0.1) is 0 Å². The van der Waals surface area contributed by atoms with E-state index in [0.29, 0.717) is 0 Å². The average Bonchev–Trinajstić information content (AvgIpc) is 2.62. The van der Waals surface area contributed by atoms with Crippen molar-refractivity contribution < 1.29 is 9.59 Å². The van der Waals surface area contributed by atoms with E-state index in [-0.39, 0.29) is 23.2 Å². The van der Waals surface area contributed by atoms with Crippen LogP contribution in [-0.2, 0) is 4.79 Å². The number of aromatic amines is 1. The fourth-order valence-corrected chi connectivity index (χ4v) is 1.18. The first kappa shape index (κ1) is 13.9. The Morgan fingerprint density at radius 3 is 2.44 bits per heavy atom. The van der Waals surface area contributed by atoms with Crippen LogP contribution in [0.4, 0.5) is 5.95 Å². The van der Waals surface area contributed by atoms with E-state index in [1.807, 2.05) is 20.8 Å². The summed E-state index contributed by atoms with van der Waals surface area (Å²) >= 11 is 0. The van der Waals surface area contributed by atoms with Gasteiger partial charge in [-0.2, -0.15) is 4.98 Å². The number of anilines is 1. The van der Waals surface area contributed by atoms with Crippen molar-refractivity contribution >= 4 is 17.8 Å². The monoisotopic (exact) mass is 254 g/mol. The summed E-state index contributed by atoms with van der Waals surface area (Å²) in [7, 11) is 0. The smallest absolute Gasteiger partial charge is 0.289 e. The van der Waals surface area contributed by atoms with E-state index in [0.717, 1.165) is 0 Å². The van der Waals surface area contributed by atoms with Crippen molar-refractivity contribution in [1.29, 1.82) is 0 Å². The van der Waals surface area contributed by atoms with Gasteiger partial charge in [0, 0.05) is 5.54 Å². The number of nitrogens with two attached hydrogens (primary N) is 1. The molecule has 0 aliphatic heterocycles. The molecule has 100 valence electrons. The van der Waals surface area contributed by atoms with Crippen LogP contribution in [0.5, 0.6) is 0 Å². The van der Waals surface area contributed by atoms with Crippen LogP contribution in [0.3, 0.4) is 0 Å². The van der Waals surface area contributed by atoms with Crippen LogP contribution < -0.4 is 16.4 Å². The number of nitrogen functional groups attached to an aromatic ring is 1. The predicted octanol–water partition coefficient (Wildman–Crippen LogP) is -0.580. The van der Waals surface area contributed by atoms with Gasteiger partial charge in [0.25, 0.3) is 5.91 Å². The largest absolute Gasteiger partial charge is 0.366 e. The van der Waals surface area contributed by atoms with E-state index in [1.165, 1.54) is 0 Å². The zero-order chi connectivity index (χ0) is 13.9. The highest BCUT2D eigenvalue weighted by Gasteiger charge is 2.22. The summed E-state index contributed by atoms with van der Waals surface area (Å²) in [4.78, 5) is 27.1.